The van der Waals surface area contributed by atoms with Crippen LogP contribution >= 0.6 is 0 Å². The van der Waals surface area contributed by atoms with Gasteiger partial charge in [0.15, 0.2) is 6.35 Å². The summed E-state index contributed by atoms with van der Waals surface area (Å²) >= 11 is 0. The highest BCUT2D eigenvalue weighted by Gasteiger charge is 2.69. The van der Waals surface area contributed by atoms with Gasteiger partial charge in [0.25, 0.3) is 0 Å². The first-order valence-electron chi connectivity index (χ1n) is 12.7. The first-order chi connectivity index (χ1) is 16.7. The second-order valence-electron chi connectivity index (χ2n) is 12.0. The zero-order valence-electron chi connectivity index (χ0n) is 20.8. The van der Waals surface area contributed by atoms with Gasteiger partial charge >= 0.3 is 12.4 Å². The van der Waals surface area contributed by atoms with Crippen LogP contribution < -0.4 is 0 Å². The molecular weight excluding hydrogens is 484 g/mol. The smallest absolute Gasteiger partial charge is 0.365 e. The predicted octanol–water partition coefficient (Wildman–Crippen LogP) is 5.33. The van der Waals surface area contributed by atoms with Crippen molar-refractivity contribution in [3.8, 4) is 0 Å². The highest BCUT2D eigenvalue weighted by Crippen LogP contribution is 2.62. The van der Waals surface area contributed by atoms with Crippen LogP contribution in [0.1, 0.15) is 56.9 Å². The number of aliphatic hydroxyl groups is 1. The molecule has 0 amide bonds. The molecule has 1 aromatic carbocycles. The van der Waals surface area contributed by atoms with Gasteiger partial charge in [-0.2, -0.15) is 26.3 Å². The summed E-state index contributed by atoms with van der Waals surface area (Å²) in [6, 6.07) is 9.96. The van der Waals surface area contributed by atoms with Crippen LogP contribution in [0.15, 0.2) is 30.3 Å². The standard InChI is InChI=1S/C26H35F6N3O/c1-33(2)24(19-6-4-3-5-7-19)14-12-23(13-15-24)18-34(16-21(8-9-21)25(27,28)29)20(36)35(23)17-22(10-11-22)26(30,31)32/h3-7,20,36H,8-18H2,1-2H3. The Morgan fingerprint density at radius 3 is 1.75 bits per heavy atom. The maximum absolute atomic E-state index is 13.9. The summed E-state index contributed by atoms with van der Waals surface area (Å²) in [4.78, 5) is 5.06. The Bertz CT molecular complexity index is 947. The van der Waals surface area contributed by atoms with Crippen molar-refractivity contribution in [3.63, 3.8) is 0 Å². The largest absolute Gasteiger partial charge is 0.395 e. The van der Waals surface area contributed by atoms with Gasteiger partial charge in [-0.1, -0.05) is 30.3 Å². The van der Waals surface area contributed by atoms with E-state index < -0.39 is 35.1 Å². The van der Waals surface area contributed by atoms with Gasteiger partial charge in [-0.15, -0.1) is 0 Å². The molecule has 1 atom stereocenters. The van der Waals surface area contributed by atoms with Crippen LogP contribution in [0.2, 0.25) is 0 Å². The molecule has 4 nitrogen and oxygen atoms in total. The Labute approximate surface area is 208 Å². The molecule has 1 aliphatic heterocycles. The normalized spacial score (nSPS) is 34.4. The van der Waals surface area contributed by atoms with Crippen LogP contribution in [0, 0.1) is 10.8 Å². The predicted molar refractivity (Wildman–Crippen MR) is 123 cm³/mol. The number of hydrogen-bond acceptors (Lipinski definition) is 4. The van der Waals surface area contributed by atoms with Crippen LogP contribution in [0.4, 0.5) is 26.3 Å². The molecule has 4 fully saturated rings. The lowest BCUT2D eigenvalue weighted by atomic mass is 9.68. The van der Waals surface area contributed by atoms with E-state index in [0.717, 1.165) is 5.56 Å². The highest BCUT2D eigenvalue weighted by atomic mass is 19.4. The van der Waals surface area contributed by atoms with Gasteiger partial charge in [-0.05, 0) is 71.0 Å². The molecule has 1 heterocycles. The van der Waals surface area contributed by atoms with Gasteiger partial charge in [0.05, 0.1) is 10.8 Å². The van der Waals surface area contributed by atoms with Crippen molar-refractivity contribution in [2.45, 2.75) is 81.1 Å². The summed E-state index contributed by atoms with van der Waals surface area (Å²) in [5, 5.41) is 11.2. The van der Waals surface area contributed by atoms with E-state index in [1.54, 1.807) is 0 Å². The fourth-order valence-electron chi connectivity index (χ4n) is 6.78. The van der Waals surface area contributed by atoms with E-state index in [-0.39, 0.29) is 50.9 Å². The molecule has 1 saturated heterocycles. The zero-order valence-corrected chi connectivity index (χ0v) is 20.8. The third-order valence-electron chi connectivity index (χ3n) is 9.78. The van der Waals surface area contributed by atoms with Crippen molar-refractivity contribution < 1.29 is 31.4 Å². The van der Waals surface area contributed by atoms with Crippen LogP contribution in [0.25, 0.3) is 0 Å². The minimum absolute atomic E-state index is 0.00302. The topological polar surface area (TPSA) is 30.0 Å². The number of halogens is 6. The molecule has 0 radical (unpaired) electrons. The Balaban J connectivity index is 1.44. The average molecular weight is 520 g/mol. The second kappa shape index (κ2) is 8.32. The summed E-state index contributed by atoms with van der Waals surface area (Å²) < 4.78 is 83.1. The summed E-state index contributed by atoms with van der Waals surface area (Å²) in [5.41, 5.74) is -3.74. The molecule has 1 N–H and O–H groups in total. The monoisotopic (exact) mass is 519 g/mol. The lowest BCUT2D eigenvalue weighted by Gasteiger charge is -2.52. The van der Waals surface area contributed by atoms with Crippen molar-refractivity contribution >= 4 is 0 Å². The Hall–Kier alpha value is -1.36. The van der Waals surface area contributed by atoms with Crippen molar-refractivity contribution in [2.24, 2.45) is 10.8 Å². The van der Waals surface area contributed by atoms with Crippen LogP contribution in [0.3, 0.4) is 0 Å². The molecular formula is C26H35F6N3O. The number of nitrogens with zero attached hydrogens (tertiary/aromatic N) is 3. The maximum atomic E-state index is 13.9. The van der Waals surface area contributed by atoms with Crippen LogP contribution in [0.5, 0.6) is 0 Å². The van der Waals surface area contributed by atoms with Gasteiger partial charge < -0.3 is 5.11 Å². The fraction of sp³-hybridized carbons (Fsp3) is 0.769. The minimum atomic E-state index is -4.41. The van der Waals surface area contributed by atoms with E-state index in [2.05, 4.69) is 17.0 Å². The number of benzene rings is 1. The zero-order chi connectivity index (χ0) is 26.2. The number of aliphatic hydroxyl groups excluding tert-OH is 1. The molecule has 0 bridgehead atoms. The van der Waals surface area contributed by atoms with Gasteiger partial charge in [0, 0.05) is 30.7 Å². The van der Waals surface area contributed by atoms with E-state index >= 15 is 0 Å². The quantitative estimate of drug-likeness (QED) is 0.515. The lowest BCUT2D eigenvalue weighted by Crippen LogP contribution is -2.58. The van der Waals surface area contributed by atoms with Crippen LogP contribution in [-0.2, 0) is 5.54 Å². The maximum Gasteiger partial charge on any atom is 0.395 e. The van der Waals surface area contributed by atoms with Gasteiger partial charge in [0.2, 0.25) is 0 Å². The average Bonchev–Trinajstić information content (AvgIpc) is 3.71. The lowest BCUT2D eigenvalue weighted by molar-refractivity contribution is -0.212. The Kier molecular flexibility index (Phi) is 6.07. The van der Waals surface area contributed by atoms with Gasteiger partial charge in [0.1, 0.15) is 0 Å². The van der Waals surface area contributed by atoms with E-state index in [9.17, 15) is 31.4 Å². The van der Waals surface area contributed by atoms with E-state index in [1.165, 1.54) is 9.80 Å². The van der Waals surface area contributed by atoms with Crippen molar-refractivity contribution in [2.75, 3.05) is 33.7 Å². The Morgan fingerprint density at radius 2 is 1.31 bits per heavy atom. The summed E-state index contributed by atoms with van der Waals surface area (Å²) in [6.07, 6.45) is -7.98. The molecule has 1 spiro atoms. The first kappa shape index (κ1) is 26.3. The van der Waals surface area contributed by atoms with E-state index in [0.29, 0.717) is 25.7 Å². The van der Waals surface area contributed by atoms with Gasteiger partial charge in [-0.3, -0.25) is 14.7 Å². The number of rotatable bonds is 6. The molecule has 3 saturated carbocycles. The molecule has 10 heteroatoms. The summed E-state index contributed by atoms with van der Waals surface area (Å²) in [6.45, 7) is -0.585. The molecule has 0 aromatic heterocycles. The minimum Gasteiger partial charge on any atom is -0.365 e. The summed E-state index contributed by atoms with van der Waals surface area (Å²) in [5.74, 6) is 0. The third-order valence-corrected chi connectivity index (χ3v) is 9.78. The van der Waals surface area contributed by atoms with Crippen molar-refractivity contribution in [1.82, 2.24) is 14.7 Å². The van der Waals surface area contributed by atoms with Crippen molar-refractivity contribution in [1.29, 1.82) is 0 Å². The van der Waals surface area contributed by atoms with Crippen LogP contribution in [-0.4, -0.2) is 77.8 Å². The molecule has 5 rings (SSSR count). The van der Waals surface area contributed by atoms with Gasteiger partial charge in [-0.25, -0.2) is 0 Å². The van der Waals surface area contributed by atoms with E-state index in [1.807, 2.05) is 32.3 Å². The molecule has 3 aliphatic carbocycles. The number of alkyl halides is 6. The SMILES string of the molecule is CN(C)C1(c2ccccc2)CCC2(CC1)CN(CC1(C(F)(F)F)CC1)C(O)N2CC1(C(F)(F)F)CC1. The van der Waals surface area contributed by atoms with Crippen molar-refractivity contribution in [3.05, 3.63) is 35.9 Å². The molecule has 202 valence electrons. The Morgan fingerprint density at radius 1 is 0.806 bits per heavy atom. The van der Waals surface area contributed by atoms with E-state index in [4.69, 9.17) is 0 Å². The number of hydrogen-bond donors (Lipinski definition) is 1. The first-order valence-corrected chi connectivity index (χ1v) is 12.7. The molecule has 4 aliphatic rings. The highest BCUT2D eigenvalue weighted by molar-refractivity contribution is 5.27. The third kappa shape index (κ3) is 4.07. The molecule has 36 heavy (non-hydrogen) atoms. The molecule has 1 unspecified atom stereocenters. The molecule has 1 aromatic rings. The summed E-state index contributed by atoms with van der Waals surface area (Å²) in [7, 11) is 3.98. The fourth-order valence-corrected chi connectivity index (χ4v) is 6.78. The second-order valence-corrected chi connectivity index (χ2v) is 12.0.